The fourth-order valence-corrected chi connectivity index (χ4v) is 5.12. The molecule has 1 atom stereocenters. The molecule has 1 saturated heterocycles. The molecule has 0 unspecified atom stereocenters. The number of anilines is 2. The van der Waals surface area contributed by atoms with Crippen molar-refractivity contribution in [3.8, 4) is 6.07 Å². The third-order valence-corrected chi connectivity index (χ3v) is 6.83. The van der Waals surface area contributed by atoms with Gasteiger partial charge in [-0.2, -0.15) is 5.26 Å². The van der Waals surface area contributed by atoms with Crippen molar-refractivity contribution in [2.24, 2.45) is 0 Å². The van der Waals surface area contributed by atoms with Gasteiger partial charge < -0.3 is 5.32 Å². The maximum absolute atomic E-state index is 13.4. The highest BCUT2D eigenvalue weighted by molar-refractivity contribution is 8.05. The van der Waals surface area contributed by atoms with Crippen molar-refractivity contribution in [2.45, 2.75) is 11.7 Å². The summed E-state index contributed by atoms with van der Waals surface area (Å²) >= 11 is 13.5. The van der Waals surface area contributed by atoms with E-state index in [1.54, 1.807) is 54.6 Å². The second-order valence-electron chi connectivity index (χ2n) is 7.17. The van der Waals surface area contributed by atoms with Gasteiger partial charge in [-0.05, 0) is 48.4 Å². The van der Waals surface area contributed by atoms with E-state index in [0.717, 1.165) is 5.56 Å². The molecule has 1 fully saturated rings. The third kappa shape index (κ3) is 5.07. The molecule has 164 valence electrons. The quantitative estimate of drug-likeness (QED) is 0.346. The van der Waals surface area contributed by atoms with Crippen molar-refractivity contribution >= 4 is 58.2 Å². The summed E-state index contributed by atoms with van der Waals surface area (Å²) in [6, 6.07) is 24.9. The Labute approximate surface area is 205 Å². The van der Waals surface area contributed by atoms with E-state index in [1.165, 1.54) is 16.7 Å². The van der Waals surface area contributed by atoms with Gasteiger partial charge in [0.1, 0.15) is 16.7 Å². The zero-order valence-electron chi connectivity index (χ0n) is 17.2. The number of benzene rings is 3. The average molecular weight is 494 g/mol. The first kappa shape index (κ1) is 22.9. The van der Waals surface area contributed by atoms with Crippen LogP contribution in [0.3, 0.4) is 0 Å². The first-order valence-electron chi connectivity index (χ1n) is 9.98. The SMILES string of the molecule is N#C/C(C(=O)Nc1cccc(Cl)c1)=C1\S[C@@H](Cc2ccccc2Cl)C(=O)N1c1ccccc1. The summed E-state index contributed by atoms with van der Waals surface area (Å²) in [6.07, 6.45) is 0.366. The van der Waals surface area contributed by atoms with Crippen molar-refractivity contribution in [3.63, 3.8) is 0 Å². The fourth-order valence-electron chi connectivity index (χ4n) is 3.42. The van der Waals surface area contributed by atoms with Gasteiger partial charge in [0.05, 0.1) is 5.25 Å². The van der Waals surface area contributed by atoms with Crippen LogP contribution in [-0.2, 0) is 16.0 Å². The Morgan fingerprint density at radius 2 is 1.76 bits per heavy atom. The normalized spacial score (nSPS) is 16.9. The molecule has 3 aromatic carbocycles. The molecule has 1 aliphatic rings. The minimum absolute atomic E-state index is 0.154. The Bertz CT molecular complexity index is 1290. The summed E-state index contributed by atoms with van der Waals surface area (Å²) in [5.41, 5.74) is 1.70. The van der Waals surface area contributed by atoms with Crippen LogP contribution in [-0.4, -0.2) is 17.1 Å². The first-order valence-corrected chi connectivity index (χ1v) is 11.6. The summed E-state index contributed by atoms with van der Waals surface area (Å²) < 4.78 is 0. The van der Waals surface area contributed by atoms with Crippen molar-refractivity contribution in [1.29, 1.82) is 5.26 Å². The van der Waals surface area contributed by atoms with Crippen LogP contribution in [0.1, 0.15) is 5.56 Å². The zero-order chi connectivity index (χ0) is 23.4. The van der Waals surface area contributed by atoms with Crippen LogP contribution in [0.4, 0.5) is 11.4 Å². The number of para-hydroxylation sites is 1. The van der Waals surface area contributed by atoms with Gasteiger partial charge in [-0.3, -0.25) is 14.5 Å². The Hall–Kier alpha value is -3.24. The predicted octanol–water partition coefficient (Wildman–Crippen LogP) is 6.06. The minimum Gasteiger partial charge on any atom is -0.321 e. The minimum atomic E-state index is -0.616. The second-order valence-corrected chi connectivity index (χ2v) is 9.20. The molecule has 33 heavy (non-hydrogen) atoms. The molecule has 2 amide bonds. The van der Waals surface area contributed by atoms with Crippen molar-refractivity contribution in [2.75, 3.05) is 10.2 Å². The van der Waals surface area contributed by atoms with Crippen LogP contribution in [0.5, 0.6) is 0 Å². The number of amides is 2. The highest BCUT2D eigenvalue weighted by Gasteiger charge is 2.41. The molecule has 4 rings (SSSR count). The lowest BCUT2D eigenvalue weighted by Gasteiger charge is -2.18. The second kappa shape index (κ2) is 10.1. The topological polar surface area (TPSA) is 73.2 Å². The molecule has 0 bridgehead atoms. The van der Waals surface area contributed by atoms with E-state index in [2.05, 4.69) is 5.32 Å². The van der Waals surface area contributed by atoms with Crippen LogP contribution in [0.2, 0.25) is 10.0 Å². The van der Waals surface area contributed by atoms with E-state index in [-0.39, 0.29) is 16.5 Å². The molecule has 8 heteroatoms. The van der Waals surface area contributed by atoms with E-state index in [4.69, 9.17) is 23.2 Å². The third-order valence-electron chi connectivity index (χ3n) is 4.97. The number of hydrogen-bond donors (Lipinski definition) is 1. The van der Waals surface area contributed by atoms with Gasteiger partial charge in [0.25, 0.3) is 5.91 Å². The standard InChI is InChI=1S/C25H17Cl2N3O2S/c26-17-8-6-9-18(14-17)29-23(31)20(15-28)25-30(19-10-2-1-3-11-19)24(32)22(33-25)13-16-7-4-5-12-21(16)27/h1-12,14,22H,13H2,(H,29,31)/b25-20+/t22-/m0/s1. The fraction of sp³-hybridized carbons (Fsp3) is 0.0800. The lowest BCUT2D eigenvalue weighted by atomic mass is 10.1. The van der Waals surface area contributed by atoms with Crippen LogP contribution >= 0.6 is 35.0 Å². The number of carbonyl (C=O) groups excluding carboxylic acids is 2. The Kier molecular flexibility index (Phi) is 7.05. The summed E-state index contributed by atoms with van der Waals surface area (Å²) in [7, 11) is 0. The van der Waals surface area contributed by atoms with Gasteiger partial charge in [-0.15, -0.1) is 0 Å². The van der Waals surface area contributed by atoms with Gasteiger partial charge in [0, 0.05) is 21.4 Å². The predicted molar refractivity (Wildman–Crippen MR) is 133 cm³/mol. The molecule has 1 heterocycles. The summed E-state index contributed by atoms with van der Waals surface area (Å²) in [5, 5.41) is 13.3. The number of carbonyl (C=O) groups is 2. The molecular weight excluding hydrogens is 477 g/mol. The lowest BCUT2D eigenvalue weighted by Crippen LogP contribution is -2.30. The van der Waals surface area contributed by atoms with Crippen molar-refractivity contribution < 1.29 is 9.59 Å². The van der Waals surface area contributed by atoms with E-state index in [9.17, 15) is 14.9 Å². The summed E-state index contributed by atoms with van der Waals surface area (Å²) in [6.45, 7) is 0. The van der Waals surface area contributed by atoms with Gasteiger partial charge in [0.15, 0.2) is 0 Å². The molecule has 5 nitrogen and oxygen atoms in total. The Balaban J connectivity index is 1.72. The molecule has 0 aromatic heterocycles. The number of halogens is 2. The van der Waals surface area contributed by atoms with Gasteiger partial charge in [-0.1, -0.05) is 77.4 Å². The van der Waals surface area contributed by atoms with Gasteiger partial charge in [0.2, 0.25) is 5.91 Å². The largest absolute Gasteiger partial charge is 0.321 e. The molecule has 1 aliphatic heterocycles. The average Bonchev–Trinajstić information content (AvgIpc) is 3.12. The van der Waals surface area contributed by atoms with E-state index in [1.807, 2.05) is 30.3 Å². The zero-order valence-corrected chi connectivity index (χ0v) is 19.5. The molecule has 3 aromatic rings. The smallest absolute Gasteiger partial charge is 0.269 e. The van der Waals surface area contributed by atoms with Crippen LogP contribution in [0.25, 0.3) is 0 Å². The molecule has 0 aliphatic carbocycles. The number of rotatable bonds is 5. The lowest BCUT2D eigenvalue weighted by molar-refractivity contribution is -0.117. The molecule has 0 spiro atoms. The molecule has 1 N–H and O–H groups in total. The van der Waals surface area contributed by atoms with Gasteiger partial charge in [-0.25, -0.2) is 0 Å². The van der Waals surface area contributed by atoms with Crippen LogP contribution in [0.15, 0.2) is 89.5 Å². The maximum Gasteiger partial charge on any atom is 0.269 e. The van der Waals surface area contributed by atoms with Crippen molar-refractivity contribution in [3.05, 3.63) is 105 Å². The van der Waals surface area contributed by atoms with E-state index >= 15 is 0 Å². The number of nitrogens with one attached hydrogen (secondary N) is 1. The molecule has 0 radical (unpaired) electrons. The monoisotopic (exact) mass is 493 g/mol. The van der Waals surface area contributed by atoms with Gasteiger partial charge >= 0.3 is 0 Å². The highest BCUT2D eigenvalue weighted by atomic mass is 35.5. The van der Waals surface area contributed by atoms with Crippen LogP contribution < -0.4 is 10.2 Å². The number of nitrogens with zero attached hydrogens (tertiary/aromatic N) is 2. The number of nitriles is 1. The molecule has 0 saturated carbocycles. The Morgan fingerprint density at radius 3 is 2.45 bits per heavy atom. The maximum atomic E-state index is 13.4. The van der Waals surface area contributed by atoms with Crippen molar-refractivity contribution in [1.82, 2.24) is 0 Å². The van der Waals surface area contributed by atoms with E-state index in [0.29, 0.717) is 27.8 Å². The van der Waals surface area contributed by atoms with E-state index < -0.39 is 11.2 Å². The van der Waals surface area contributed by atoms with Crippen LogP contribution in [0, 0.1) is 11.3 Å². The summed E-state index contributed by atoms with van der Waals surface area (Å²) in [4.78, 5) is 27.9. The highest BCUT2D eigenvalue weighted by Crippen LogP contribution is 2.42. The Morgan fingerprint density at radius 1 is 1.03 bits per heavy atom. The first-order chi connectivity index (χ1) is 16.0. The number of thioether (sulfide) groups is 1. The summed E-state index contributed by atoms with van der Waals surface area (Å²) in [5.74, 6) is -0.834. The molecular formula is C25H17Cl2N3O2S. The number of hydrogen-bond acceptors (Lipinski definition) is 4.